The van der Waals surface area contributed by atoms with E-state index >= 15 is 0 Å². The molecule has 0 aliphatic rings. The van der Waals surface area contributed by atoms with E-state index in [1.807, 2.05) is 13.0 Å². The first-order chi connectivity index (χ1) is 6.74. The lowest BCUT2D eigenvalue weighted by Crippen LogP contribution is -1.89. The van der Waals surface area contributed by atoms with Crippen LogP contribution < -0.4 is 5.73 Å². The second-order valence-electron chi connectivity index (χ2n) is 2.84. The molecule has 0 bridgehead atoms. The van der Waals surface area contributed by atoms with E-state index in [1.54, 1.807) is 6.26 Å². The second kappa shape index (κ2) is 3.49. The van der Waals surface area contributed by atoms with Gasteiger partial charge in [-0.1, -0.05) is 12.1 Å². The quantitative estimate of drug-likeness (QED) is 0.898. The molecule has 2 N–H and O–H groups in total. The van der Waals surface area contributed by atoms with Crippen molar-refractivity contribution in [1.29, 1.82) is 0 Å². The maximum Gasteiger partial charge on any atom is 0.225 e. The molecular weight excluding hydrogens is 248 g/mol. The van der Waals surface area contributed by atoms with Crippen molar-refractivity contribution in [3.63, 3.8) is 0 Å². The first-order valence-electron chi connectivity index (χ1n) is 4.21. The molecule has 2 aromatic heterocycles. The molecule has 4 nitrogen and oxygen atoms in total. The van der Waals surface area contributed by atoms with Gasteiger partial charge in [-0.05, 0) is 28.4 Å². The van der Waals surface area contributed by atoms with Crippen molar-refractivity contribution in [2.24, 2.45) is 0 Å². The topological polar surface area (TPSA) is 65.2 Å². The maximum atomic E-state index is 5.63. The summed E-state index contributed by atoms with van der Waals surface area (Å²) in [5.74, 6) is 0.371. The lowest BCUT2D eigenvalue weighted by atomic mass is 10.1. The van der Waals surface area contributed by atoms with Gasteiger partial charge in [0.2, 0.25) is 5.88 Å². The number of anilines is 1. The summed E-state index contributed by atoms with van der Waals surface area (Å²) in [6, 6.07) is 1.82. The average molecular weight is 257 g/mol. The monoisotopic (exact) mass is 256 g/mol. The molecule has 0 aromatic carbocycles. The summed E-state index contributed by atoms with van der Waals surface area (Å²) in [4.78, 5) is 0. The van der Waals surface area contributed by atoms with Crippen LogP contribution in [0.4, 0.5) is 5.88 Å². The van der Waals surface area contributed by atoms with Gasteiger partial charge in [0.25, 0.3) is 0 Å². The number of hydrogen-bond acceptors (Lipinski definition) is 4. The highest BCUT2D eigenvalue weighted by atomic mass is 79.9. The highest BCUT2D eigenvalue weighted by Gasteiger charge is 2.17. The number of halogens is 1. The molecule has 2 heterocycles. The zero-order valence-corrected chi connectivity index (χ0v) is 9.17. The molecule has 0 atom stereocenters. The number of nitrogens with zero attached hydrogens (tertiary/aromatic N) is 1. The first kappa shape index (κ1) is 9.33. The number of rotatable bonds is 2. The van der Waals surface area contributed by atoms with Crippen molar-refractivity contribution in [2.45, 2.75) is 13.3 Å². The summed E-state index contributed by atoms with van der Waals surface area (Å²) in [6.07, 6.45) is 2.37. The molecule has 74 valence electrons. The fourth-order valence-electron chi connectivity index (χ4n) is 1.34. The standard InChI is InChI=1S/C9H9BrN2O2/c1-2-5-7(12-14-9(5)11)6-3-4-13-8(6)10/h3-4H,2,11H2,1H3. The summed E-state index contributed by atoms with van der Waals surface area (Å²) >= 11 is 3.29. The molecule has 0 unspecified atom stereocenters. The number of furan rings is 1. The van der Waals surface area contributed by atoms with E-state index < -0.39 is 0 Å². The van der Waals surface area contributed by atoms with Gasteiger partial charge >= 0.3 is 0 Å². The van der Waals surface area contributed by atoms with Crippen molar-refractivity contribution in [3.8, 4) is 11.3 Å². The van der Waals surface area contributed by atoms with E-state index in [0.29, 0.717) is 10.6 Å². The third-order valence-electron chi connectivity index (χ3n) is 2.05. The van der Waals surface area contributed by atoms with E-state index in [-0.39, 0.29) is 0 Å². The second-order valence-corrected chi connectivity index (χ2v) is 3.56. The van der Waals surface area contributed by atoms with E-state index in [0.717, 1.165) is 23.2 Å². The van der Waals surface area contributed by atoms with Gasteiger partial charge in [-0.2, -0.15) is 0 Å². The summed E-state index contributed by atoms with van der Waals surface area (Å²) < 4.78 is 10.7. The van der Waals surface area contributed by atoms with Crippen molar-refractivity contribution in [3.05, 3.63) is 22.6 Å². The van der Waals surface area contributed by atoms with Gasteiger partial charge in [0.05, 0.1) is 11.8 Å². The van der Waals surface area contributed by atoms with E-state index in [4.69, 9.17) is 14.7 Å². The molecule has 0 aliphatic carbocycles. The fraction of sp³-hybridized carbons (Fsp3) is 0.222. The highest BCUT2D eigenvalue weighted by molar-refractivity contribution is 9.10. The number of aromatic nitrogens is 1. The van der Waals surface area contributed by atoms with Gasteiger partial charge in [0.15, 0.2) is 4.67 Å². The van der Waals surface area contributed by atoms with Crippen LogP contribution in [0, 0.1) is 0 Å². The molecule has 14 heavy (non-hydrogen) atoms. The molecule has 0 radical (unpaired) electrons. The van der Waals surface area contributed by atoms with Crippen molar-refractivity contribution in [1.82, 2.24) is 5.16 Å². The highest BCUT2D eigenvalue weighted by Crippen LogP contribution is 2.33. The molecule has 0 spiro atoms. The number of nitrogens with two attached hydrogens (primary N) is 1. The van der Waals surface area contributed by atoms with Gasteiger partial charge in [-0.3, -0.25) is 0 Å². The molecule has 0 saturated heterocycles. The predicted octanol–water partition coefficient (Wildman–Crippen LogP) is 2.84. The predicted molar refractivity (Wildman–Crippen MR) is 55.7 cm³/mol. The fourth-order valence-corrected chi connectivity index (χ4v) is 1.77. The third-order valence-corrected chi connectivity index (χ3v) is 2.66. The zero-order valence-electron chi connectivity index (χ0n) is 7.58. The minimum absolute atomic E-state index is 0.371. The van der Waals surface area contributed by atoms with Crippen molar-refractivity contribution >= 4 is 21.8 Å². The molecular formula is C9H9BrN2O2. The van der Waals surface area contributed by atoms with Crippen molar-refractivity contribution in [2.75, 3.05) is 5.73 Å². The summed E-state index contributed by atoms with van der Waals surface area (Å²) in [7, 11) is 0. The maximum absolute atomic E-state index is 5.63. The minimum atomic E-state index is 0.371. The molecule has 0 aliphatic heterocycles. The van der Waals surface area contributed by atoms with Crippen LogP contribution in [0.15, 0.2) is 25.9 Å². The lowest BCUT2D eigenvalue weighted by Gasteiger charge is -1.95. The molecule has 0 fully saturated rings. The summed E-state index contributed by atoms with van der Waals surface area (Å²) in [6.45, 7) is 2.00. The Morgan fingerprint density at radius 3 is 2.93 bits per heavy atom. The molecule has 0 saturated carbocycles. The van der Waals surface area contributed by atoms with Crippen LogP contribution in [0.5, 0.6) is 0 Å². The van der Waals surface area contributed by atoms with Crippen LogP contribution in [0.1, 0.15) is 12.5 Å². The Kier molecular flexibility index (Phi) is 2.33. The SMILES string of the molecule is CCc1c(-c2ccoc2Br)noc1N. The molecule has 0 amide bonds. The van der Waals surface area contributed by atoms with Gasteiger partial charge in [0, 0.05) is 5.56 Å². The van der Waals surface area contributed by atoms with Crippen LogP contribution in [-0.4, -0.2) is 5.16 Å². The smallest absolute Gasteiger partial charge is 0.225 e. The van der Waals surface area contributed by atoms with E-state index in [2.05, 4.69) is 21.1 Å². The van der Waals surface area contributed by atoms with Crippen LogP contribution in [0.2, 0.25) is 0 Å². The minimum Gasteiger partial charge on any atom is -0.457 e. The lowest BCUT2D eigenvalue weighted by molar-refractivity contribution is 0.438. The largest absolute Gasteiger partial charge is 0.457 e. The van der Waals surface area contributed by atoms with Crippen molar-refractivity contribution < 1.29 is 8.94 Å². The normalized spacial score (nSPS) is 10.7. The Labute approximate surface area is 89.2 Å². The van der Waals surface area contributed by atoms with Gasteiger partial charge in [0.1, 0.15) is 5.69 Å². The molecule has 2 aromatic rings. The Morgan fingerprint density at radius 2 is 2.36 bits per heavy atom. The average Bonchev–Trinajstić information content (AvgIpc) is 2.71. The Balaban J connectivity index is 2.57. The molecule has 2 rings (SSSR count). The third kappa shape index (κ3) is 1.33. The van der Waals surface area contributed by atoms with Crippen LogP contribution in [-0.2, 0) is 6.42 Å². The van der Waals surface area contributed by atoms with Gasteiger partial charge in [-0.25, -0.2) is 0 Å². The van der Waals surface area contributed by atoms with E-state index in [9.17, 15) is 0 Å². The Bertz CT molecular complexity index is 447. The van der Waals surface area contributed by atoms with Crippen LogP contribution in [0.3, 0.4) is 0 Å². The number of nitrogen functional groups attached to an aromatic ring is 1. The zero-order chi connectivity index (χ0) is 10.1. The molecule has 5 heteroatoms. The summed E-state index contributed by atoms with van der Waals surface area (Å²) in [5, 5.41) is 3.90. The first-order valence-corrected chi connectivity index (χ1v) is 5.00. The van der Waals surface area contributed by atoms with Crippen LogP contribution >= 0.6 is 15.9 Å². The number of hydrogen-bond donors (Lipinski definition) is 1. The summed E-state index contributed by atoms with van der Waals surface area (Å²) in [5.41, 5.74) is 8.15. The Morgan fingerprint density at radius 1 is 1.57 bits per heavy atom. The van der Waals surface area contributed by atoms with Gasteiger partial charge in [-0.15, -0.1) is 0 Å². The Hall–Kier alpha value is -1.23. The van der Waals surface area contributed by atoms with Gasteiger partial charge < -0.3 is 14.7 Å². The van der Waals surface area contributed by atoms with Crippen LogP contribution in [0.25, 0.3) is 11.3 Å². The van der Waals surface area contributed by atoms with E-state index in [1.165, 1.54) is 0 Å².